The molecule has 0 saturated carbocycles. The third kappa shape index (κ3) is 8.86. The highest BCUT2D eigenvalue weighted by molar-refractivity contribution is 6.09. The van der Waals surface area contributed by atoms with Crippen LogP contribution in [0.25, 0.3) is 27.6 Å². The molecule has 0 spiro atoms. The first-order valence-electron chi connectivity index (χ1n) is 16.8. The normalized spacial score (nSPS) is 11.7. The Morgan fingerprint density at radius 3 is 2.17 bits per heavy atom. The number of nitrogens with zero attached hydrogens (tertiary/aromatic N) is 4. The number of urea groups is 1. The number of nitrogens with one attached hydrogen (secondary N) is 2. The molecule has 48 heavy (non-hydrogen) atoms. The number of fused-ring (bicyclic) bond motifs is 1. The number of aryl methyl sites for hydroxylation is 1. The van der Waals surface area contributed by atoms with Crippen molar-refractivity contribution in [2.75, 3.05) is 50.2 Å². The summed E-state index contributed by atoms with van der Waals surface area (Å²) in [5, 5.41) is 12.9. The van der Waals surface area contributed by atoms with Crippen molar-refractivity contribution < 1.29 is 14.3 Å². The van der Waals surface area contributed by atoms with Crippen LogP contribution in [-0.4, -0.2) is 65.2 Å². The van der Waals surface area contributed by atoms with Gasteiger partial charge in [-0.3, -0.25) is 15.2 Å². The predicted octanol–water partition coefficient (Wildman–Crippen LogP) is 8.21. The maximum atomic E-state index is 13.5. The van der Waals surface area contributed by atoms with Crippen LogP contribution >= 0.6 is 0 Å². The molecule has 0 unspecified atom stereocenters. The lowest BCUT2D eigenvalue weighted by Crippen LogP contribution is -2.30. The maximum absolute atomic E-state index is 13.5. The molecular weight excluding hydrogens is 600 g/mol. The molecule has 252 valence electrons. The zero-order chi connectivity index (χ0) is 34.1. The number of pyridine rings is 1. The molecule has 0 aliphatic rings. The van der Waals surface area contributed by atoms with Gasteiger partial charge in [0.05, 0.1) is 36.5 Å². The molecule has 2 aromatic heterocycles. The van der Waals surface area contributed by atoms with E-state index < -0.39 is 0 Å². The van der Waals surface area contributed by atoms with Crippen molar-refractivity contribution in [2.45, 2.75) is 53.5 Å². The largest absolute Gasteiger partial charge is 0.380 e. The van der Waals surface area contributed by atoms with Crippen LogP contribution in [0.4, 0.5) is 16.3 Å². The van der Waals surface area contributed by atoms with Crippen molar-refractivity contribution in [1.29, 1.82) is 0 Å². The van der Waals surface area contributed by atoms with Crippen LogP contribution in [-0.2, 0) is 21.4 Å². The summed E-state index contributed by atoms with van der Waals surface area (Å²) in [5.41, 5.74) is 6.53. The van der Waals surface area contributed by atoms with Crippen molar-refractivity contribution in [2.24, 2.45) is 0 Å². The van der Waals surface area contributed by atoms with E-state index >= 15 is 0 Å². The van der Waals surface area contributed by atoms with E-state index in [0.29, 0.717) is 19.0 Å². The number of aromatic nitrogens is 3. The Balaban J connectivity index is 1.34. The van der Waals surface area contributed by atoms with Gasteiger partial charge in [-0.1, -0.05) is 75.4 Å². The molecule has 9 nitrogen and oxygen atoms in total. The van der Waals surface area contributed by atoms with E-state index in [1.807, 2.05) is 63.2 Å². The van der Waals surface area contributed by atoms with Crippen LogP contribution in [0.2, 0.25) is 0 Å². The summed E-state index contributed by atoms with van der Waals surface area (Å²) in [6.07, 6.45) is 1.76. The van der Waals surface area contributed by atoms with Gasteiger partial charge in [0, 0.05) is 55.4 Å². The molecule has 0 aliphatic heterocycles. The zero-order valence-corrected chi connectivity index (χ0v) is 29.0. The molecule has 5 rings (SSSR count). The molecule has 9 heteroatoms. The predicted molar refractivity (Wildman–Crippen MR) is 195 cm³/mol. The van der Waals surface area contributed by atoms with Gasteiger partial charge in [0.15, 0.2) is 0 Å². The number of benzene rings is 3. The van der Waals surface area contributed by atoms with Crippen molar-refractivity contribution >= 4 is 28.3 Å². The van der Waals surface area contributed by atoms with Crippen LogP contribution < -0.4 is 10.6 Å². The SMILES string of the molecule is CCOCCN(CCOCC)Cc1ccc(-c2ccc(NC(=O)Nc3cc(C(C)(C)C)nn3-c3ccc(C)nc3)c3ccccc23)cc1. The van der Waals surface area contributed by atoms with Gasteiger partial charge in [0.25, 0.3) is 0 Å². The number of carbonyl (C=O) groups excluding carboxylic acids is 1. The fraction of sp³-hybridized carbons (Fsp3) is 0.359. The summed E-state index contributed by atoms with van der Waals surface area (Å²) in [4.78, 5) is 20.3. The fourth-order valence-corrected chi connectivity index (χ4v) is 5.54. The smallest absolute Gasteiger partial charge is 0.324 e. The highest BCUT2D eigenvalue weighted by Gasteiger charge is 2.22. The Bertz CT molecular complexity index is 1780. The Kier molecular flexibility index (Phi) is 11.6. The lowest BCUT2D eigenvalue weighted by molar-refractivity contribution is 0.0798. The number of hydrogen-bond donors (Lipinski definition) is 2. The van der Waals surface area contributed by atoms with Crippen LogP contribution in [0.3, 0.4) is 0 Å². The first-order valence-corrected chi connectivity index (χ1v) is 16.8. The number of amides is 2. The number of rotatable bonds is 14. The molecule has 2 N–H and O–H groups in total. The van der Waals surface area contributed by atoms with Gasteiger partial charge >= 0.3 is 6.03 Å². The molecule has 5 aromatic rings. The lowest BCUT2D eigenvalue weighted by Gasteiger charge is -2.22. The summed E-state index contributed by atoms with van der Waals surface area (Å²) in [6, 6.07) is 26.4. The molecule has 0 bridgehead atoms. The maximum Gasteiger partial charge on any atom is 0.324 e. The van der Waals surface area contributed by atoms with Gasteiger partial charge in [-0.05, 0) is 61.0 Å². The van der Waals surface area contributed by atoms with Crippen LogP contribution in [0.1, 0.15) is 51.6 Å². The second-order valence-corrected chi connectivity index (χ2v) is 12.9. The van der Waals surface area contributed by atoms with Crippen LogP contribution in [0, 0.1) is 6.92 Å². The Morgan fingerprint density at radius 2 is 1.54 bits per heavy atom. The molecule has 0 radical (unpaired) electrons. The molecule has 0 aliphatic carbocycles. The van der Waals surface area contributed by atoms with Gasteiger partial charge in [-0.15, -0.1) is 0 Å². The Hall–Kier alpha value is -4.57. The van der Waals surface area contributed by atoms with Gasteiger partial charge in [0.1, 0.15) is 5.82 Å². The van der Waals surface area contributed by atoms with E-state index in [2.05, 4.69) is 77.7 Å². The Labute approximate surface area is 284 Å². The van der Waals surface area contributed by atoms with Crippen molar-refractivity contribution in [3.63, 3.8) is 0 Å². The monoisotopic (exact) mass is 648 g/mol. The average Bonchev–Trinajstić information content (AvgIpc) is 3.50. The van der Waals surface area contributed by atoms with E-state index in [1.165, 1.54) is 5.56 Å². The van der Waals surface area contributed by atoms with Crippen molar-refractivity contribution in [3.05, 3.63) is 102 Å². The molecule has 2 amide bonds. The highest BCUT2D eigenvalue weighted by Crippen LogP contribution is 2.34. The molecule has 0 saturated heterocycles. The van der Waals surface area contributed by atoms with Gasteiger partial charge in [-0.2, -0.15) is 5.10 Å². The molecule has 0 fully saturated rings. The van der Waals surface area contributed by atoms with E-state index in [-0.39, 0.29) is 11.4 Å². The highest BCUT2D eigenvalue weighted by atomic mass is 16.5. The summed E-state index contributed by atoms with van der Waals surface area (Å²) < 4.78 is 13.0. The lowest BCUT2D eigenvalue weighted by atomic mass is 9.92. The minimum absolute atomic E-state index is 0.201. The summed E-state index contributed by atoms with van der Waals surface area (Å²) >= 11 is 0. The first kappa shape index (κ1) is 34.8. The van der Waals surface area contributed by atoms with Crippen LogP contribution in [0.5, 0.6) is 0 Å². The van der Waals surface area contributed by atoms with Crippen LogP contribution in [0.15, 0.2) is 85.1 Å². The molecule has 0 atom stereocenters. The topological polar surface area (TPSA) is 93.5 Å². The quantitative estimate of drug-likeness (QED) is 0.118. The summed E-state index contributed by atoms with van der Waals surface area (Å²) in [5.74, 6) is 0.568. The molecular formula is C39H48N6O3. The average molecular weight is 649 g/mol. The minimum atomic E-state index is -0.350. The number of carbonyl (C=O) groups is 1. The van der Waals surface area contributed by atoms with E-state index in [4.69, 9.17) is 14.6 Å². The number of hydrogen-bond acceptors (Lipinski definition) is 6. The van der Waals surface area contributed by atoms with Gasteiger partial charge in [-0.25, -0.2) is 9.48 Å². The third-order valence-corrected chi connectivity index (χ3v) is 8.22. The van der Waals surface area contributed by atoms with Crippen molar-refractivity contribution in [1.82, 2.24) is 19.7 Å². The second-order valence-electron chi connectivity index (χ2n) is 12.9. The van der Waals surface area contributed by atoms with Gasteiger partial charge < -0.3 is 14.8 Å². The Morgan fingerprint density at radius 1 is 0.854 bits per heavy atom. The first-order chi connectivity index (χ1) is 23.2. The van der Waals surface area contributed by atoms with E-state index in [1.54, 1.807) is 10.9 Å². The number of anilines is 2. The van der Waals surface area contributed by atoms with E-state index in [0.717, 1.165) is 77.5 Å². The zero-order valence-electron chi connectivity index (χ0n) is 29.0. The summed E-state index contributed by atoms with van der Waals surface area (Å²) in [7, 11) is 0. The van der Waals surface area contributed by atoms with E-state index in [9.17, 15) is 4.79 Å². The number of ether oxygens (including phenoxy) is 2. The van der Waals surface area contributed by atoms with Crippen molar-refractivity contribution in [3.8, 4) is 16.8 Å². The second kappa shape index (κ2) is 16.0. The summed E-state index contributed by atoms with van der Waals surface area (Å²) in [6.45, 7) is 17.7. The standard InChI is InChI=1S/C39H48N6O3/c1-7-47-23-21-44(22-24-48-8-2)27-29-14-16-30(17-15-29)32-19-20-35(34-12-10-9-11-33(32)34)41-38(46)42-37-25-36(39(4,5)6)43-45(37)31-18-13-28(3)40-26-31/h9-20,25-26H,7-8,21-24,27H2,1-6H3,(H2,41,42,46). The minimum Gasteiger partial charge on any atom is -0.380 e. The molecule has 2 heterocycles. The third-order valence-electron chi connectivity index (χ3n) is 8.22. The van der Waals surface area contributed by atoms with Gasteiger partial charge in [0.2, 0.25) is 0 Å². The fourth-order valence-electron chi connectivity index (χ4n) is 5.54. The molecule has 3 aromatic carbocycles.